The summed E-state index contributed by atoms with van der Waals surface area (Å²) < 4.78 is 0. The normalized spacial score (nSPS) is 22.5. The first-order chi connectivity index (χ1) is 9.36. The molecule has 0 saturated carbocycles. The van der Waals surface area contributed by atoms with Crippen LogP contribution in [0.15, 0.2) is 18.2 Å². The van der Waals surface area contributed by atoms with Gasteiger partial charge in [0.15, 0.2) is 0 Å². The maximum Gasteiger partial charge on any atom is 0.273 e. The van der Waals surface area contributed by atoms with Crippen molar-refractivity contribution in [1.29, 1.82) is 0 Å². The fourth-order valence-electron chi connectivity index (χ4n) is 2.69. The lowest BCUT2D eigenvalue weighted by Gasteiger charge is -2.28. The Morgan fingerprint density at radius 1 is 1.50 bits per heavy atom. The van der Waals surface area contributed by atoms with Crippen molar-refractivity contribution in [3.05, 3.63) is 28.3 Å². The molecule has 0 amide bonds. The van der Waals surface area contributed by atoms with Crippen molar-refractivity contribution in [3.8, 4) is 0 Å². The largest absolute Gasteiger partial charge is 0.398 e. The summed E-state index contributed by atoms with van der Waals surface area (Å²) in [7, 11) is 3.93. The molecule has 110 valence electrons. The molecule has 1 heterocycles. The topological polar surface area (TPSA) is 95.9 Å². The predicted molar refractivity (Wildman–Crippen MR) is 77.8 cm³/mol. The Morgan fingerprint density at radius 3 is 2.80 bits per heavy atom. The first kappa shape index (κ1) is 14.5. The van der Waals surface area contributed by atoms with Crippen molar-refractivity contribution in [3.63, 3.8) is 0 Å². The van der Waals surface area contributed by atoms with E-state index in [0.29, 0.717) is 24.3 Å². The minimum atomic E-state index is -0.451. The van der Waals surface area contributed by atoms with Crippen molar-refractivity contribution in [2.24, 2.45) is 0 Å². The van der Waals surface area contributed by atoms with Crippen LogP contribution in [0.3, 0.4) is 0 Å². The van der Waals surface area contributed by atoms with Gasteiger partial charge in [0.2, 0.25) is 0 Å². The van der Waals surface area contributed by atoms with Crippen LogP contribution < -0.4 is 10.6 Å². The summed E-state index contributed by atoms with van der Waals surface area (Å²) >= 11 is 0. The highest BCUT2D eigenvalue weighted by Gasteiger charge is 2.32. The van der Waals surface area contributed by atoms with E-state index >= 15 is 0 Å². The number of nitrogens with zero attached hydrogens (tertiary/aromatic N) is 3. The highest BCUT2D eigenvalue weighted by atomic mass is 16.6. The number of β-amino-alcohol motifs (C(OH)–C–C–N with tert-alkyl or cyclic N) is 1. The second-order valence-electron chi connectivity index (χ2n) is 5.50. The Balaban J connectivity index is 2.31. The zero-order valence-electron chi connectivity index (χ0n) is 11.7. The second-order valence-corrected chi connectivity index (χ2v) is 5.50. The maximum atomic E-state index is 10.9. The number of nitrogens with two attached hydrogens (primary N) is 1. The molecule has 7 nitrogen and oxygen atoms in total. The molecular weight excluding hydrogens is 260 g/mol. The number of aliphatic hydroxyl groups excluding tert-OH is 1. The molecule has 0 aliphatic carbocycles. The molecule has 1 aliphatic rings. The van der Waals surface area contributed by atoms with Crippen molar-refractivity contribution < 1.29 is 10.0 Å². The van der Waals surface area contributed by atoms with Crippen LogP contribution >= 0.6 is 0 Å². The van der Waals surface area contributed by atoms with Crippen LogP contribution in [0.25, 0.3) is 0 Å². The molecule has 7 heteroatoms. The van der Waals surface area contributed by atoms with Crippen LogP contribution in [0, 0.1) is 10.1 Å². The van der Waals surface area contributed by atoms with E-state index in [1.165, 1.54) is 12.1 Å². The highest BCUT2D eigenvalue weighted by Crippen LogP contribution is 2.31. The summed E-state index contributed by atoms with van der Waals surface area (Å²) in [5.41, 5.74) is 6.77. The number of anilines is 2. The van der Waals surface area contributed by atoms with Gasteiger partial charge in [-0.25, -0.2) is 0 Å². The van der Waals surface area contributed by atoms with E-state index in [9.17, 15) is 15.2 Å². The van der Waals surface area contributed by atoms with Gasteiger partial charge in [0.05, 0.1) is 11.0 Å². The highest BCUT2D eigenvalue weighted by molar-refractivity contribution is 5.63. The van der Waals surface area contributed by atoms with Gasteiger partial charge in [0.1, 0.15) is 0 Å². The van der Waals surface area contributed by atoms with E-state index in [1.807, 2.05) is 23.9 Å². The first-order valence-corrected chi connectivity index (χ1v) is 6.51. The zero-order chi connectivity index (χ0) is 14.9. The molecule has 2 unspecified atom stereocenters. The third-order valence-electron chi connectivity index (χ3n) is 3.44. The molecule has 0 bridgehead atoms. The number of aliphatic hydroxyl groups is 1. The van der Waals surface area contributed by atoms with Gasteiger partial charge in [-0.2, -0.15) is 0 Å². The van der Waals surface area contributed by atoms with E-state index in [2.05, 4.69) is 0 Å². The molecule has 20 heavy (non-hydrogen) atoms. The van der Waals surface area contributed by atoms with Crippen molar-refractivity contribution in [2.75, 3.05) is 37.8 Å². The van der Waals surface area contributed by atoms with Gasteiger partial charge in [-0.3, -0.25) is 10.1 Å². The van der Waals surface area contributed by atoms with Gasteiger partial charge in [-0.15, -0.1) is 0 Å². The Bertz CT molecular complexity index is 506. The van der Waals surface area contributed by atoms with Crippen LogP contribution in [0.2, 0.25) is 0 Å². The van der Waals surface area contributed by atoms with Gasteiger partial charge in [0, 0.05) is 42.6 Å². The van der Waals surface area contributed by atoms with Crippen LogP contribution in [0.4, 0.5) is 17.1 Å². The van der Waals surface area contributed by atoms with Gasteiger partial charge in [0.25, 0.3) is 5.69 Å². The van der Waals surface area contributed by atoms with Gasteiger partial charge in [-0.1, -0.05) is 0 Å². The number of hydrogen-bond acceptors (Lipinski definition) is 6. The van der Waals surface area contributed by atoms with Gasteiger partial charge < -0.3 is 20.6 Å². The van der Waals surface area contributed by atoms with Crippen molar-refractivity contribution >= 4 is 17.1 Å². The SMILES string of the molecule is CN(C)CC1CC(O)CN1c1cc(N)cc([N+](=O)[O-])c1. The van der Waals surface area contributed by atoms with E-state index < -0.39 is 11.0 Å². The summed E-state index contributed by atoms with van der Waals surface area (Å²) in [4.78, 5) is 14.5. The molecule has 0 aromatic heterocycles. The van der Waals surface area contributed by atoms with Crippen LogP contribution in [0.5, 0.6) is 0 Å². The summed E-state index contributed by atoms with van der Waals surface area (Å²) in [6.45, 7) is 1.25. The first-order valence-electron chi connectivity index (χ1n) is 6.51. The lowest BCUT2D eigenvalue weighted by atomic mass is 10.1. The van der Waals surface area contributed by atoms with E-state index in [1.54, 1.807) is 6.07 Å². The fraction of sp³-hybridized carbons (Fsp3) is 0.538. The molecule has 1 aliphatic heterocycles. The standard InChI is InChI=1S/C13H20N4O3/c1-15(2)7-12-6-13(18)8-16(12)10-3-9(14)4-11(5-10)17(19)20/h3-5,12-13,18H,6-8,14H2,1-2H3. The second kappa shape index (κ2) is 5.64. The van der Waals surface area contributed by atoms with Crippen LogP contribution in [-0.2, 0) is 0 Å². The summed E-state index contributed by atoms with van der Waals surface area (Å²) in [5.74, 6) is 0. The number of rotatable bonds is 4. The molecule has 2 atom stereocenters. The van der Waals surface area contributed by atoms with Crippen LogP contribution in [-0.4, -0.2) is 54.3 Å². The monoisotopic (exact) mass is 280 g/mol. The minimum absolute atomic E-state index is 0.0232. The number of nitro groups is 1. The fourth-order valence-corrected chi connectivity index (χ4v) is 2.69. The number of likely N-dealkylation sites (N-methyl/N-ethyl adjacent to an activating group) is 1. The molecule has 0 spiro atoms. The lowest BCUT2D eigenvalue weighted by molar-refractivity contribution is -0.384. The van der Waals surface area contributed by atoms with Crippen molar-refractivity contribution in [1.82, 2.24) is 4.90 Å². The molecule has 2 rings (SSSR count). The molecule has 1 aromatic carbocycles. The number of non-ortho nitro benzene ring substituents is 1. The maximum absolute atomic E-state index is 10.9. The minimum Gasteiger partial charge on any atom is -0.398 e. The summed E-state index contributed by atoms with van der Waals surface area (Å²) in [5, 5.41) is 20.8. The third kappa shape index (κ3) is 3.17. The summed E-state index contributed by atoms with van der Waals surface area (Å²) in [6, 6.07) is 4.70. The smallest absolute Gasteiger partial charge is 0.273 e. The number of hydrogen-bond donors (Lipinski definition) is 2. The van der Waals surface area contributed by atoms with Gasteiger partial charge >= 0.3 is 0 Å². The zero-order valence-corrected chi connectivity index (χ0v) is 11.7. The van der Waals surface area contributed by atoms with Gasteiger partial charge in [-0.05, 0) is 26.6 Å². The summed E-state index contributed by atoms with van der Waals surface area (Å²) in [6.07, 6.45) is 0.237. The number of nitrogen functional groups attached to an aromatic ring is 1. The Morgan fingerprint density at radius 2 is 2.20 bits per heavy atom. The molecule has 1 fully saturated rings. The number of benzene rings is 1. The third-order valence-corrected chi connectivity index (χ3v) is 3.44. The quantitative estimate of drug-likeness (QED) is 0.478. The Labute approximate surface area is 117 Å². The van der Waals surface area contributed by atoms with Crippen molar-refractivity contribution in [2.45, 2.75) is 18.6 Å². The number of nitro benzene ring substituents is 1. The molecule has 3 N–H and O–H groups in total. The van der Waals surface area contributed by atoms with E-state index in [-0.39, 0.29) is 11.7 Å². The Kier molecular flexibility index (Phi) is 4.10. The predicted octanol–water partition coefficient (Wildman–Crippen LogP) is 0.678. The molecule has 1 aromatic rings. The molecular formula is C13H20N4O3. The average Bonchev–Trinajstić information content (AvgIpc) is 2.68. The Hall–Kier alpha value is -1.86. The van der Waals surface area contributed by atoms with E-state index in [0.717, 1.165) is 6.54 Å². The van der Waals surface area contributed by atoms with E-state index in [4.69, 9.17) is 5.73 Å². The molecule has 0 radical (unpaired) electrons. The lowest BCUT2D eigenvalue weighted by Crippen LogP contribution is -2.37. The van der Waals surface area contributed by atoms with Crippen LogP contribution in [0.1, 0.15) is 6.42 Å². The average molecular weight is 280 g/mol. The molecule has 1 saturated heterocycles.